The van der Waals surface area contributed by atoms with Crippen molar-refractivity contribution in [2.75, 3.05) is 5.75 Å². The molecule has 0 aliphatic heterocycles. The van der Waals surface area contributed by atoms with Gasteiger partial charge >= 0.3 is 18.3 Å². The van der Waals surface area contributed by atoms with Gasteiger partial charge in [-0.1, -0.05) is 28.9 Å². The van der Waals surface area contributed by atoms with Gasteiger partial charge in [-0.3, -0.25) is 9.55 Å². The second-order valence-electron chi connectivity index (χ2n) is 7.17. The number of halogens is 7. The summed E-state index contributed by atoms with van der Waals surface area (Å²) >= 11 is 3.35. The molecule has 0 atom stereocenters. The second-order valence-corrected chi connectivity index (χ2v) is 10.3. The van der Waals surface area contributed by atoms with Crippen LogP contribution in [0.1, 0.15) is 12.5 Å². The van der Waals surface area contributed by atoms with E-state index < -0.39 is 33.7 Å². The lowest BCUT2D eigenvalue weighted by Gasteiger charge is -2.13. The molecule has 0 radical (unpaired) electrons. The summed E-state index contributed by atoms with van der Waals surface area (Å²) in [5, 5.41) is 7.73. The molecule has 4 rings (SSSR count). The first kappa shape index (κ1) is 27.4. The predicted molar refractivity (Wildman–Crippen MR) is 120 cm³/mol. The Morgan fingerprint density at radius 3 is 2.25 bits per heavy atom. The summed E-state index contributed by atoms with van der Waals surface area (Å²) in [7, 11) is -3.70. The number of aromatic nitrogens is 3. The summed E-state index contributed by atoms with van der Waals surface area (Å²) < 4.78 is 98.8. The minimum atomic E-state index is -5.08. The molecule has 15 heteroatoms. The van der Waals surface area contributed by atoms with E-state index in [1.807, 2.05) is 0 Å². The number of carboxylic acids is 1. The number of sulfone groups is 1. The maximum atomic E-state index is 13.2. The molecule has 36 heavy (non-hydrogen) atoms. The fraction of sp³-hybridized carbons (Fsp3) is 0.190. The minimum absolute atomic E-state index is 0.0357. The summed E-state index contributed by atoms with van der Waals surface area (Å²) in [5.74, 6) is -2.89. The lowest BCUT2D eigenvalue weighted by molar-refractivity contribution is -0.192. The van der Waals surface area contributed by atoms with E-state index in [2.05, 4.69) is 25.9 Å². The van der Waals surface area contributed by atoms with E-state index in [9.17, 15) is 34.8 Å². The number of hydrogen-bond acceptors (Lipinski definition) is 5. The van der Waals surface area contributed by atoms with Crippen molar-refractivity contribution in [1.82, 2.24) is 14.5 Å². The van der Waals surface area contributed by atoms with Crippen LogP contribution >= 0.6 is 15.9 Å². The van der Waals surface area contributed by atoms with Crippen molar-refractivity contribution in [2.24, 2.45) is 0 Å². The van der Waals surface area contributed by atoms with Crippen molar-refractivity contribution in [3.63, 3.8) is 0 Å². The standard InChI is InChI=1S/C19H13BrF3N3O2S.C2HF3O2/c1-2-29(27,28)17-7-11-3-4-13(20)9-15(11)25-18(17)26-6-5-14-16(26)8-12(10-24-14)19(21,22)23;3-2(4,5)1(6)7/h3-10H,2H2,1H3;(H,6,7). The van der Waals surface area contributed by atoms with Gasteiger partial charge in [-0.2, -0.15) is 26.3 Å². The predicted octanol–water partition coefficient (Wildman–Crippen LogP) is 5.78. The zero-order valence-corrected chi connectivity index (χ0v) is 20.3. The van der Waals surface area contributed by atoms with Gasteiger partial charge in [0.15, 0.2) is 15.7 Å². The molecule has 0 amide bonds. The molecule has 0 fully saturated rings. The Morgan fingerprint density at radius 1 is 1.06 bits per heavy atom. The van der Waals surface area contributed by atoms with Crippen molar-refractivity contribution in [2.45, 2.75) is 24.2 Å². The van der Waals surface area contributed by atoms with Crippen molar-refractivity contribution in [3.8, 4) is 5.82 Å². The van der Waals surface area contributed by atoms with Crippen LogP contribution in [0.3, 0.4) is 0 Å². The molecular weight excluding hydrogens is 584 g/mol. The molecule has 0 spiro atoms. The van der Waals surface area contributed by atoms with Crippen LogP contribution in [0.5, 0.6) is 0 Å². The van der Waals surface area contributed by atoms with Crippen LogP contribution in [0.4, 0.5) is 26.3 Å². The molecule has 3 aromatic heterocycles. The zero-order valence-electron chi connectivity index (χ0n) is 17.9. The number of carbonyl (C=O) groups is 1. The molecule has 0 saturated heterocycles. The Labute approximate surface area is 207 Å². The Kier molecular flexibility index (Phi) is 7.37. The lowest BCUT2D eigenvalue weighted by atomic mass is 10.2. The number of nitrogens with zero attached hydrogens (tertiary/aromatic N) is 3. The van der Waals surface area contributed by atoms with Crippen LogP contribution in [0.15, 0.2) is 58.2 Å². The van der Waals surface area contributed by atoms with Gasteiger partial charge in [0.05, 0.1) is 27.9 Å². The summed E-state index contributed by atoms with van der Waals surface area (Å²) in [5.41, 5.74) is 0.00260. The summed E-state index contributed by atoms with van der Waals surface area (Å²) in [6, 6.07) is 9.16. The van der Waals surface area contributed by atoms with Gasteiger partial charge in [-0.25, -0.2) is 18.2 Å². The van der Waals surface area contributed by atoms with Crippen LogP contribution in [0.25, 0.3) is 27.8 Å². The Bertz CT molecular complexity index is 1570. The molecular formula is C21H14BrF6N3O4S. The smallest absolute Gasteiger partial charge is 0.475 e. The third-order valence-corrected chi connectivity index (χ3v) is 7.00. The first-order valence-electron chi connectivity index (χ1n) is 9.72. The highest BCUT2D eigenvalue weighted by atomic mass is 79.9. The molecule has 192 valence electrons. The quantitative estimate of drug-likeness (QED) is 0.300. The van der Waals surface area contributed by atoms with Crippen molar-refractivity contribution >= 4 is 53.7 Å². The third-order valence-electron chi connectivity index (χ3n) is 4.78. The number of carboxylic acid groups (broad SMARTS) is 1. The van der Waals surface area contributed by atoms with E-state index in [0.717, 1.165) is 16.7 Å². The summed E-state index contributed by atoms with van der Waals surface area (Å²) in [6.07, 6.45) is -7.43. The highest BCUT2D eigenvalue weighted by Crippen LogP contribution is 2.33. The number of pyridine rings is 2. The van der Waals surface area contributed by atoms with Gasteiger partial charge in [0, 0.05) is 22.3 Å². The molecule has 4 aromatic rings. The molecule has 0 aliphatic carbocycles. The second kappa shape index (κ2) is 9.69. The van der Waals surface area contributed by atoms with E-state index in [4.69, 9.17) is 9.90 Å². The molecule has 7 nitrogen and oxygen atoms in total. The molecule has 0 aliphatic rings. The average Bonchev–Trinajstić information content (AvgIpc) is 3.20. The van der Waals surface area contributed by atoms with E-state index >= 15 is 0 Å². The van der Waals surface area contributed by atoms with Gasteiger partial charge < -0.3 is 5.11 Å². The molecule has 1 N–H and O–H groups in total. The van der Waals surface area contributed by atoms with E-state index in [1.54, 1.807) is 18.2 Å². The average molecular weight is 598 g/mol. The monoisotopic (exact) mass is 597 g/mol. The SMILES string of the molecule is CCS(=O)(=O)c1cc2ccc(Br)cc2nc1-n1ccc2ncc(C(F)(F)F)cc21.O=C(O)C(F)(F)F. The first-order chi connectivity index (χ1) is 16.5. The van der Waals surface area contributed by atoms with Gasteiger partial charge in [0.2, 0.25) is 0 Å². The van der Waals surface area contributed by atoms with Crippen LogP contribution in [0.2, 0.25) is 0 Å². The van der Waals surface area contributed by atoms with Crippen LogP contribution in [-0.4, -0.2) is 46.0 Å². The van der Waals surface area contributed by atoms with E-state index in [0.29, 0.717) is 16.4 Å². The molecule has 3 heterocycles. The van der Waals surface area contributed by atoms with Crippen molar-refractivity contribution in [3.05, 3.63) is 58.8 Å². The number of hydrogen-bond donors (Lipinski definition) is 1. The Hall–Kier alpha value is -3.20. The lowest BCUT2D eigenvalue weighted by Crippen LogP contribution is -2.21. The summed E-state index contributed by atoms with van der Waals surface area (Å²) in [6.45, 7) is 1.50. The molecule has 0 bridgehead atoms. The van der Waals surface area contributed by atoms with Crippen LogP contribution in [-0.2, 0) is 20.8 Å². The highest BCUT2D eigenvalue weighted by molar-refractivity contribution is 9.10. The normalized spacial score (nSPS) is 12.4. The fourth-order valence-corrected chi connectivity index (χ4v) is 4.41. The minimum Gasteiger partial charge on any atom is -0.475 e. The number of benzene rings is 1. The van der Waals surface area contributed by atoms with E-state index in [1.165, 1.54) is 29.8 Å². The van der Waals surface area contributed by atoms with Gasteiger partial charge in [-0.15, -0.1) is 0 Å². The number of aliphatic carboxylic acids is 1. The van der Waals surface area contributed by atoms with Crippen LogP contribution < -0.4 is 0 Å². The molecule has 1 aromatic carbocycles. The molecule has 0 unspecified atom stereocenters. The Morgan fingerprint density at radius 2 is 1.69 bits per heavy atom. The topological polar surface area (TPSA) is 102 Å². The van der Waals surface area contributed by atoms with Gasteiger partial charge in [-0.05, 0) is 30.3 Å². The van der Waals surface area contributed by atoms with Crippen molar-refractivity contribution in [1.29, 1.82) is 0 Å². The number of alkyl halides is 6. The van der Waals surface area contributed by atoms with Gasteiger partial charge in [0.1, 0.15) is 4.90 Å². The number of rotatable bonds is 3. The highest BCUT2D eigenvalue weighted by Gasteiger charge is 2.38. The maximum absolute atomic E-state index is 13.2. The maximum Gasteiger partial charge on any atom is 0.490 e. The third kappa shape index (κ3) is 5.78. The van der Waals surface area contributed by atoms with E-state index in [-0.39, 0.29) is 22.0 Å². The number of fused-ring (bicyclic) bond motifs is 2. The molecule has 0 saturated carbocycles. The largest absolute Gasteiger partial charge is 0.490 e. The zero-order chi connectivity index (χ0) is 27.1. The fourth-order valence-electron chi connectivity index (χ4n) is 3.02. The van der Waals surface area contributed by atoms with Crippen LogP contribution in [0, 0.1) is 0 Å². The Balaban J connectivity index is 0.000000454. The van der Waals surface area contributed by atoms with Crippen molar-refractivity contribution < 1.29 is 44.7 Å². The van der Waals surface area contributed by atoms with Gasteiger partial charge in [0.25, 0.3) is 0 Å². The first-order valence-corrected chi connectivity index (χ1v) is 12.2. The summed E-state index contributed by atoms with van der Waals surface area (Å²) in [4.78, 5) is 17.2.